The summed E-state index contributed by atoms with van der Waals surface area (Å²) in [5, 5.41) is 9.75. The van der Waals surface area contributed by atoms with E-state index >= 15 is 0 Å². The molecule has 0 aliphatic heterocycles. The number of carboxylic acids is 1. The molecule has 9 heteroatoms. The van der Waals surface area contributed by atoms with Crippen molar-refractivity contribution in [2.75, 3.05) is 47.5 Å². The van der Waals surface area contributed by atoms with Crippen LogP contribution in [0.25, 0.3) is 0 Å². The van der Waals surface area contributed by atoms with Gasteiger partial charge in [0.1, 0.15) is 13.2 Å². The Balaban J connectivity index is 4.22. The zero-order valence-corrected chi connectivity index (χ0v) is 57.5. The van der Waals surface area contributed by atoms with Crippen molar-refractivity contribution in [3.8, 4) is 0 Å². The number of carbonyl (C=O) groups is 3. The number of nitrogens with zero attached hydrogens (tertiary/aromatic N) is 1. The Morgan fingerprint density at radius 3 is 0.955 bits per heavy atom. The van der Waals surface area contributed by atoms with Gasteiger partial charge in [-0.15, -0.1) is 0 Å². The van der Waals surface area contributed by atoms with Crippen molar-refractivity contribution in [1.82, 2.24) is 0 Å². The molecule has 0 spiro atoms. The van der Waals surface area contributed by atoms with Gasteiger partial charge in [0.05, 0.1) is 34.4 Å². The van der Waals surface area contributed by atoms with Gasteiger partial charge < -0.3 is 28.5 Å². The summed E-state index contributed by atoms with van der Waals surface area (Å²) >= 11 is 0. The van der Waals surface area contributed by atoms with Crippen molar-refractivity contribution in [3.63, 3.8) is 0 Å². The highest BCUT2D eigenvalue weighted by atomic mass is 16.7. The standard InChI is InChI=1S/C80H131NO8/c1-6-8-10-12-14-16-18-20-22-24-26-28-30-32-33-34-35-36-37-38-39-40-41-42-43-44-45-47-49-51-53-55-57-59-61-63-65-67-69-71-78(83)89-76(75-88-80(79(84)85)86-73-72-81(3,4)5)74-87-77(82)70-68-66-64-62-60-58-56-54-52-50-48-46-31-29-27-25-23-21-19-17-15-13-11-9-7-2/h8,10,14,16,19-22,25-28,32-33,35-36,38-39,41-42,44-45,49,51,55,57,76,80H,6-7,9,11-13,15,17-18,23-24,29-31,34,37,40,43,46-48,50,52-54,56,58-75H2,1-5H3/p+1/b10-8-,16-14-,21-19-,22-20-,27-25-,28-26-,33-32-,36-35-,39-38-,42-41-,45-44-,51-49-,57-55-. The molecule has 0 radical (unpaired) electrons. The number of aliphatic carboxylic acids is 1. The fourth-order valence-electron chi connectivity index (χ4n) is 9.34. The number of likely N-dealkylation sites (N-methyl/N-ethyl adjacent to an activating group) is 1. The fraction of sp³-hybridized carbons (Fsp3) is 0.637. The van der Waals surface area contributed by atoms with Crippen LogP contribution in [0.3, 0.4) is 0 Å². The fourth-order valence-corrected chi connectivity index (χ4v) is 9.34. The second-order valence-corrected chi connectivity index (χ2v) is 24.5. The zero-order valence-electron chi connectivity index (χ0n) is 57.5. The lowest BCUT2D eigenvalue weighted by Gasteiger charge is -2.25. The molecule has 504 valence electrons. The molecule has 0 saturated heterocycles. The minimum absolute atomic E-state index is 0.176. The number of allylic oxidation sites excluding steroid dienone is 26. The highest BCUT2D eigenvalue weighted by Crippen LogP contribution is 2.16. The third kappa shape index (κ3) is 70.2. The van der Waals surface area contributed by atoms with E-state index in [2.05, 4.69) is 172 Å². The van der Waals surface area contributed by atoms with E-state index in [1.807, 2.05) is 21.1 Å². The van der Waals surface area contributed by atoms with Crippen LogP contribution in [-0.4, -0.2) is 87.4 Å². The predicted molar refractivity (Wildman–Crippen MR) is 382 cm³/mol. The number of carboxylic acid groups (broad SMARTS) is 1. The van der Waals surface area contributed by atoms with Gasteiger partial charge in [-0.25, -0.2) is 4.79 Å². The molecule has 0 aromatic carbocycles. The van der Waals surface area contributed by atoms with E-state index in [0.717, 1.165) is 128 Å². The molecule has 0 aromatic heterocycles. The molecule has 89 heavy (non-hydrogen) atoms. The Morgan fingerprint density at radius 2 is 0.640 bits per heavy atom. The van der Waals surface area contributed by atoms with Crippen molar-refractivity contribution >= 4 is 17.9 Å². The smallest absolute Gasteiger partial charge is 0.361 e. The number of hydrogen-bond acceptors (Lipinski definition) is 7. The molecule has 0 amide bonds. The molecule has 0 fully saturated rings. The molecule has 9 nitrogen and oxygen atoms in total. The van der Waals surface area contributed by atoms with Gasteiger partial charge in [-0.1, -0.05) is 287 Å². The van der Waals surface area contributed by atoms with Gasteiger partial charge in [-0.05, 0) is 128 Å². The van der Waals surface area contributed by atoms with Crippen LogP contribution in [0, 0.1) is 0 Å². The average Bonchev–Trinajstić information content (AvgIpc) is 3.64. The minimum Gasteiger partial charge on any atom is -0.477 e. The maximum absolute atomic E-state index is 12.9. The normalized spacial score (nSPS) is 13.7. The number of unbranched alkanes of at least 4 members (excludes halogenated alkanes) is 23. The van der Waals surface area contributed by atoms with E-state index in [4.69, 9.17) is 18.9 Å². The van der Waals surface area contributed by atoms with Crippen LogP contribution in [0.1, 0.15) is 271 Å². The lowest BCUT2D eigenvalue weighted by Crippen LogP contribution is -2.40. The van der Waals surface area contributed by atoms with Crippen molar-refractivity contribution in [2.45, 2.75) is 283 Å². The summed E-state index contributed by atoms with van der Waals surface area (Å²) in [6, 6.07) is 0. The topological polar surface area (TPSA) is 108 Å². The van der Waals surface area contributed by atoms with Gasteiger partial charge in [0.25, 0.3) is 6.29 Å². The van der Waals surface area contributed by atoms with Gasteiger partial charge in [-0.2, -0.15) is 0 Å². The number of quaternary nitrogens is 1. The van der Waals surface area contributed by atoms with E-state index in [1.54, 1.807) is 0 Å². The molecule has 1 N–H and O–H groups in total. The second kappa shape index (κ2) is 68.8. The quantitative estimate of drug-likeness (QED) is 0.0211. The zero-order chi connectivity index (χ0) is 64.7. The molecule has 0 aliphatic rings. The third-order valence-corrected chi connectivity index (χ3v) is 14.8. The molecule has 2 atom stereocenters. The Bertz CT molecular complexity index is 2020. The number of hydrogen-bond donors (Lipinski definition) is 1. The van der Waals surface area contributed by atoms with Gasteiger partial charge >= 0.3 is 17.9 Å². The number of rotatable bonds is 64. The average molecular weight is 1240 g/mol. The largest absolute Gasteiger partial charge is 0.477 e. The van der Waals surface area contributed by atoms with Crippen molar-refractivity contribution in [3.05, 3.63) is 158 Å². The Kier molecular flexibility index (Phi) is 64.9. The second-order valence-electron chi connectivity index (χ2n) is 24.5. The number of esters is 2. The van der Waals surface area contributed by atoms with Gasteiger partial charge in [0, 0.05) is 12.8 Å². The molecule has 0 saturated carbocycles. The summed E-state index contributed by atoms with van der Waals surface area (Å²) in [5.74, 6) is -2.04. The van der Waals surface area contributed by atoms with Crippen molar-refractivity contribution in [1.29, 1.82) is 0 Å². The highest BCUT2D eigenvalue weighted by Gasteiger charge is 2.25. The number of ether oxygens (including phenoxy) is 4. The van der Waals surface area contributed by atoms with E-state index in [1.165, 1.54) is 109 Å². The minimum atomic E-state index is -1.53. The molecule has 0 bridgehead atoms. The van der Waals surface area contributed by atoms with Crippen LogP contribution in [0.2, 0.25) is 0 Å². The first-order valence-corrected chi connectivity index (χ1v) is 35.6. The van der Waals surface area contributed by atoms with Gasteiger partial charge in [0.15, 0.2) is 6.10 Å². The van der Waals surface area contributed by atoms with E-state index in [-0.39, 0.29) is 38.6 Å². The summed E-state index contributed by atoms with van der Waals surface area (Å²) in [5.41, 5.74) is 0. The van der Waals surface area contributed by atoms with Gasteiger partial charge in [-0.3, -0.25) is 9.59 Å². The third-order valence-electron chi connectivity index (χ3n) is 14.8. The molecule has 0 aliphatic carbocycles. The molecular formula is C80H132NO8+. The first-order chi connectivity index (χ1) is 43.6. The van der Waals surface area contributed by atoms with Crippen LogP contribution in [0.5, 0.6) is 0 Å². The maximum atomic E-state index is 12.9. The lowest BCUT2D eigenvalue weighted by atomic mass is 10.0. The molecule has 0 aromatic rings. The molecule has 2 unspecified atom stereocenters. The molecular weight excluding hydrogens is 1100 g/mol. The van der Waals surface area contributed by atoms with Crippen molar-refractivity contribution in [2.24, 2.45) is 0 Å². The van der Waals surface area contributed by atoms with Crippen molar-refractivity contribution < 1.29 is 42.9 Å². The Hall–Kier alpha value is -5.09. The Labute approximate surface area is 546 Å². The highest BCUT2D eigenvalue weighted by molar-refractivity contribution is 5.71. The van der Waals surface area contributed by atoms with Crippen LogP contribution in [-0.2, 0) is 33.3 Å². The SMILES string of the molecule is CC/C=C\C/C=C\C/C=C\C/C=C\C/C=C\C/C=C\C/C=C\C/C=C\C/C=C\C/C=C\C/C=C\CCCCCCCC(=O)OC(COC(=O)CCCCCCCCCCCCCCC/C=C\C/C=C\CCCCCCC)COC(OCC[N+](C)(C)C)C(=O)O. The summed E-state index contributed by atoms with van der Waals surface area (Å²) in [4.78, 5) is 37.6. The van der Waals surface area contributed by atoms with Crippen LogP contribution >= 0.6 is 0 Å². The summed E-state index contributed by atoms with van der Waals surface area (Å²) in [6.45, 7) is 4.73. The predicted octanol–water partition coefficient (Wildman–Crippen LogP) is 22.5. The lowest BCUT2D eigenvalue weighted by molar-refractivity contribution is -0.870. The summed E-state index contributed by atoms with van der Waals surface area (Å²) in [7, 11) is 5.96. The Morgan fingerprint density at radius 1 is 0.348 bits per heavy atom. The van der Waals surface area contributed by atoms with Crippen LogP contribution < -0.4 is 0 Å². The molecule has 0 rings (SSSR count). The van der Waals surface area contributed by atoms with Crippen LogP contribution in [0.15, 0.2) is 158 Å². The van der Waals surface area contributed by atoms with Gasteiger partial charge in [0.2, 0.25) is 0 Å². The summed E-state index contributed by atoms with van der Waals surface area (Å²) in [6.07, 6.45) is 99.2. The maximum Gasteiger partial charge on any atom is 0.361 e. The number of carbonyl (C=O) groups excluding carboxylic acids is 2. The first-order valence-electron chi connectivity index (χ1n) is 35.6. The van der Waals surface area contributed by atoms with Crippen LogP contribution in [0.4, 0.5) is 0 Å². The molecule has 0 heterocycles. The van der Waals surface area contributed by atoms with E-state index < -0.39 is 24.3 Å². The van der Waals surface area contributed by atoms with E-state index in [9.17, 15) is 19.5 Å². The monoisotopic (exact) mass is 1230 g/mol. The first kappa shape index (κ1) is 83.9. The van der Waals surface area contributed by atoms with E-state index in [0.29, 0.717) is 17.4 Å². The summed E-state index contributed by atoms with van der Waals surface area (Å²) < 4.78 is 22.9.